The Kier molecular flexibility index (Phi) is 12.8. The van der Waals surface area contributed by atoms with E-state index in [0.29, 0.717) is 13.2 Å². The molecule has 0 unspecified atom stereocenters. The van der Waals surface area contributed by atoms with E-state index in [4.69, 9.17) is 14.2 Å². The second-order valence-corrected chi connectivity index (χ2v) is 11.2. The molecule has 4 heteroatoms. The first-order chi connectivity index (χ1) is 21.1. The van der Waals surface area contributed by atoms with Crippen LogP contribution in [0.2, 0.25) is 0 Å². The SMILES string of the molecule is CCCCc1ccccc1OCc1ccc(O)c(COc2ccccc2CCCC)c1COc1ccccc1CCCC. The van der Waals surface area contributed by atoms with E-state index < -0.39 is 0 Å². The molecule has 1 N–H and O–H groups in total. The number of hydrogen-bond donors (Lipinski definition) is 1. The minimum absolute atomic E-state index is 0.205. The number of hydrogen-bond acceptors (Lipinski definition) is 4. The Balaban J connectivity index is 1.63. The molecule has 0 amide bonds. The second kappa shape index (κ2) is 17.3. The van der Waals surface area contributed by atoms with Gasteiger partial charge in [-0.15, -0.1) is 0 Å². The highest BCUT2D eigenvalue weighted by Gasteiger charge is 2.18. The summed E-state index contributed by atoms with van der Waals surface area (Å²) in [5.74, 6) is 2.85. The lowest BCUT2D eigenvalue weighted by Gasteiger charge is -2.20. The van der Waals surface area contributed by atoms with Gasteiger partial charge in [-0.25, -0.2) is 0 Å². The summed E-state index contributed by atoms with van der Waals surface area (Å²) in [6.07, 6.45) is 9.66. The normalized spacial score (nSPS) is 11.0. The van der Waals surface area contributed by atoms with E-state index in [1.807, 2.05) is 42.5 Å². The van der Waals surface area contributed by atoms with Crippen LogP contribution in [0.3, 0.4) is 0 Å². The van der Waals surface area contributed by atoms with Crippen LogP contribution in [0.15, 0.2) is 84.9 Å². The fraction of sp³-hybridized carbons (Fsp3) is 0.385. The van der Waals surface area contributed by atoms with Crippen molar-refractivity contribution < 1.29 is 19.3 Å². The van der Waals surface area contributed by atoms with Gasteiger partial charge in [-0.1, -0.05) is 101 Å². The molecule has 228 valence electrons. The van der Waals surface area contributed by atoms with Crippen molar-refractivity contribution in [2.24, 2.45) is 0 Å². The second-order valence-electron chi connectivity index (χ2n) is 11.2. The molecule has 4 aromatic carbocycles. The van der Waals surface area contributed by atoms with E-state index >= 15 is 0 Å². The Morgan fingerprint density at radius 1 is 0.442 bits per heavy atom. The molecule has 0 bridgehead atoms. The van der Waals surface area contributed by atoms with Crippen molar-refractivity contribution >= 4 is 0 Å². The van der Waals surface area contributed by atoms with E-state index in [0.717, 1.165) is 91.7 Å². The fourth-order valence-electron chi connectivity index (χ4n) is 5.32. The molecule has 0 aliphatic heterocycles. The number of unbranched alkanes of at least 4 members (excludes halogenated alkanes) is 3. The Morgan fingerprint density at radius 3 is 1.28 bits per heavy atom. The first-order valence-electron chi connectivity index (χ1n) is 16.1. The number of aryl methyl sites for hydroxylation is 3. The van der Waals surface area contributed by atoms with Gasteiger partial charge >= 0.3 is 0 Å². The average Bonchev–Trinajstić information content (AvgIpc) is 3.04. The molecule has 0 aromatic heterocycles. The van der Waals surface area contributed by atoms with Gasteiger partial charge in [0.15, 0.2) is 0 Å². The fourth-order valence-corrected chi connectivity index (χ4v) is 5.32. The summed E-state index contributed by atoms with van der Waals surface area (Å²) in [5, 5.41) is 11.1. The van der Waals surface area contributed by atoms with E-state index in [1.165, 1.54) is 16.7 Å². The monoisotopic (exact) mass is 580 g/mol. The molecule has 0 heterocycles. The molecule has 0 fully saturated rings. The van der Waals surface area contributed by atoms with E-state index in [2.05, 4.69) is 57.2 Å². The third-order valence-electron chi connectivity index (χ3n) is 7.95. The molecule has 0 radical (unpaired) electrons. The number of aromatic hydroxyl groups is 1. The van der Waals surface area contributed by atoms with Crippen molar-refractivity contribution in [3.8, 4) is 23.0 Å². The average molecular weight is 581 g/mol. The summed E-state index contributed by atoms with van der Waals surface area (Å²) in [6, 6.07) is 28.4. The molecule has 0 aliphatic rings. The Hall–Kier alpha value is -3.92. The van der Waals surface area contributed by atoms with Crippen LogP contribution in [-0.2, 0) is 39.1 Å². The highest BCUT2D eigenvalue weighted by molar-refractivity contribution is 5.46. The van der Waals surface area contributed by atoms with Crippen molar-refractivity contribution in [1.29, 1.82) is 0 Å². The third kappa shape index (κ3) is 9.28. The summed E-state index contributed by atoms with van der Waals surface area (Å²) in [4.78, 5) is 0. The van der Waals surface area contributed by atoms with Crippen molar-refractivity contribution in [3.63, 3.8) is 0 Å². The van der Waals surface area contributed by atoms with Gasteiger partial charge in [0, 0.05) is 11.1 Å². The standard InChI is InChI=1S/C39H48O4/c1-4-7-16-30-19-10-13-22-37(30)41-27-33-25-26-36(40)35(29-43-39-24-15-12-21-32(39)18-9-6-3)34(33)28-42-38-23-14-11-20-31(38)17-8-5-2/h10-15,19-26,40H,4-9,16-18,27-29H2,1-3H3. The molecular weight excluding hydrogens is 532 g/mol. The molecule has 43 heavy (non-hydrogen) atoms. The molecule has 0 saturated carbocycles. The largest absolute Gasteiger partial charge is 0.508 e. The zero-order chi connectivity index (χ0) is 30.3. The molecule has 0 saturated heterocycles. The Labute approximate surface area is 258 Å². The minimum atomic E-state index is 0.205. The summed E-state index contributed by atoms with van der Waals surface area (Å²) in [6.45, 7) is 7.54. The zero-order valence-electron chi connectivity index (χ0n) is 26.2. The van der Waals surface area contributed by atoms with Crippen LogP contribution >= 0.6 is 0 Å². The highest BCUT2D eigenvalue weighted by Crippen LogP contribution is 2.31. The van der Waals surface area contributed by atoms with E-state index in [-0.39, 0.29) is 12.4 Å². The van der Waals surface area contributed by atoms with Crippen LogP contribution in [0, 0.1) is 0 Å². The van der Waals surface area contributed by atoms with Crippen LogP contribution in [-0.4, -0.2) is 5.11 Å². The topological polar surface area (TPSA) is 47.9 Å². The van der Waals surface area contributed by atoms with Crippen LogP contribution in [0.5, 0.6) is 23.0 Å². The molecular formula is C39H48O4. The number of phenols is 1. The number of para-hydroxylation sites is 3. The molecule has 0 atom stereocenters. The Morgan fingerprint density at radius 2 is 0.837 bits per heavy atom. The quantitative estimate of drug-likeness (QED) is 0.127. The number of rotatable bonds is 18. The predicted octanol–water partition coefficient (Wildman–Crippen LogP) is 10.2. The lowest BCUT2D eigenvalue weighted by molar-refractivity contribution is 0.266. The van der Waals surface area contributed by atoms with E-state index in [1.54, 1.807) is 6.07 Å². The number of ether oxygens (including phenoxy) is 3. The maximum absolute atomic E-state index is 11.1. The number of benzene rings is 4. The van der Waals surface area contributed by atoms with Gasteiger partial charge in [0.2, 0.25) is 0 Å². The smallest absolute Gasteiger partial charge is 0.123 e. The summed E-state index contributed by atoms with van der Waals surface area (Å²) in [5.41, 5.74) is 6.23. The van der Waals surface area contributed by atoms with Gasteiger partial charge in [0.25, 0.3) is 0 Å². The van der Waals surface area contributed by atoms with Crippen LogP contribution in [0.4, 0.5) is 0 Å². The molecule has 0 aliphatic carbocycles. The maximum atomic E-state index is 11.1. The number of phenolic OH excluding ortho intramolecular Hbond substituents is 1. The van der Waals surface area contributed by atoms with Gasteiger partial charge in [0.1, 0.15) is 42.8 Å². The van der Waals surface area contributed by atoms with Gasteiger partial charge in [-0.2, -0.15) is 0 Å². The molecule has 4 rings (SSSR count). The van der Waals surface area contributed by atoms with Crippen LogP contribution in [0.25, 0.3) is 0 Å². The summed E-state index contributed by atoms with van der Waals surface area (Å²) < 4.78 is 19.3. The minimum Gasteiger partial charge on any atom is -0.508 e. The summed E-state index contributed by atoms with van der Waals surface area (Å²) in [7, 11) is 0. The zero-order valence-corrected chi connectivity index (χ0v) is 26.2. The van der Waals surface area contributed by atoms with E-state index in [9.17, 15) is 5.11 Å². The molecule has 4 aromatic rings. The van der Waals surface area contributed by atoms with Gasteiger partial charge in [-0.05, 0) is 85.0 Å². The van der Waals surface area contributed by atoms with Crippen LogP contribution < -0.4 is 14.2 Å². The van der Waals surface area contributed by atoms with Crippen molar-refractivity contribution in [3.05, 3.63) is 118 Å². The summed E-state index contributed by atoms with van der Waals surface area (Å²) >= 11 is 0. The predicted molar refractivity (Wildman–Crippen MR) is 176 cm³/mol. The first-order valence-corrected chi connectivity index (χ1v) is 16.1. The van der Waals surface area contributed by atoms with Crippen molar-refractivity contribution in [2.75, 3.05) is 0 Å². The lowest BCUT2D eigenvalue weighted by Crippen LogP contribution is -2.11. The van der Waals surface area contributed by atoms with Crippen molar-refractivity contribution in [1.82, 2.24) is 0 Å². The maximum Gasteiger partial charge on any atom is 0.123 e. The highest BCUT2D eigenvalue weighted by atomic mass is 16.5. The third-order valence-corrected chi connectivity index (χ3v) is 7.95. The van der Waals surface area contributed by atoms with Crippen molar-refractivity contribution in [2.45, 2.75) is 98.4 Å². The van der Waals surface area contributed by atoms with Gasteiger partial charge < -0.3 is 19.3 Å². The van der Waals surface area contributed by atoms with Crippen LogP contribution in [0.1, 0.15) is 92.7 Å². The van der Waals surface area contributed by atoms with Gasteiger partial charge in [-0.3, -0.25) is 0 Å². The molecule has 4 nitrogen and oxygen atoms in total. The first kappa shape index (κ1) is 32.0. The van der Waals surface area contributed by atoms with Gasteiger partial charge in [0.05, 0.1) is 0 Å². The molecule has 0 spiro atoms. The lowest BCUT2D eigenvalue weighted by atomic mass is 10.0. The Bertz CT molecular complexity index is 1410.